The molecule has 0 saturated carbocycles. The summed E-state index contributed by atoms with van der Waals surface area (Å²) in [5.41, 5.74) is 7.84. The fourth-order valence-corrected chi connectivity index (χ4v) is 1.53. The van der Waals surface area contributed by atoms with E-state index in [4.69, 9.17) is 0 Å². The molecule has 0 unspecified atom stereocenters. The lowest BCUT2D eigenvalue weighted by Gasteiger charge is -2.17. The Morgan fingerprint density at radius 1 is 1.38 bits per heavy atom. The Kier molecular flexibility index (Phi) is 2.71. The Balaban J connectivity index is 2.41. The number of alkyl halides is 2. The van der Waals surface area contributed by atoms with Crippen LogP contribution in [0.15, 0.2) is 18.2 Å². The van der Waals surface area contributed by atoms with Crippen LogP contribution in [0.4, 0.5) is 19.3 Å². The number of nitrogens with zero attached hydrogens (tertiary/aromatic N) is 1. The van der Waals surface area contributed by atoms with Crippen molar-refractivity contribution in [3.63, 3.8) is 0 Å². The second kappa shape index (κ2) is 4.03. The van der Waals surface area contributed by atoms with Gasteiger partial charge in [0, 0.05) is 5.56 Å². The van der Waals surface area contributed by atoms with Crippen molar-refractivity contribution in [2.75, 3.05) is 5.01 Å². The number of carbonyl (C=O) groups excluding carboxylic acids is 1. The van der Waals surface area contributed by atoms with Crippen LogP contribution in [0.1, 0.15) is 17.6 Å². The third-order valence-electron chi connectivity index (χ3n) is 2.36. The summed E-state index contributed by atoms with van der Waals surface area (Å²) in [6, 6.07) is 3.96. The maximum Gasteiger partial charge on any atom is 0.353 e. The van der Waals surface area contributed by atoms with Crippen LogP contribution in [0, 0.1) is 6.92 Å². The molecule has 0 radical (unpaired) electrons. The standard InChI is InChI=1S/C9H10F2N4O/c1-5-6(8(10)11)3-2-4-7(5)15-9(16)12-13-14-15/h2-4,8,13-14H,1H3,(H,12,16). The maximum atomic E-state index is 12.6. The average Bonchev–Trinajstić information content (AvgIpc) is 2.64. The summed E-state index contributed by atoms with van der Waals surface area (Å²) < 4.78 is 25.3. The van der Waals surface area contributed by atoms with Gasteiger partial charge in [-0.2, -0.15) is 0 Å². The molecule has 0 atom stereocenters. The predicted octanol–water partition coefficient (Wildman–Crippen LogP) is 1.39. The summed E-state index contributed by atoms with van der Waals surface area (Å²) in [6.45, 7) is 1.55. The third-order valence-corrected chi connectivity index (χ3v) is 2.36. The first-order chi connectivity index (χ1) is 7.61. The summed E-state index contributed by atoms with van der Waals surface area (Å²) >= 11 is 0. The Morgan fingerprint density at radius 2 is 2.12 bits per heavy atom. The number of nitrogens with one attached hydrogen (secondary N) is 3. The van der Waals surface area contributed by atoms with Crippen molar-refractivity contribution in [3.8, 4) is 0 Å². The molecule has 1 aromatic carbocycles. The zero-order valence-corrected chi connectivity index (χ0v) is 8.42. The van der Waals surface area contributed by atoms with Crippen LogP contribution in [-0.4, -0.2) is 6.03 Å². The SMILES string of the molecule is Cc1c(C(F)F)cccc1N1NNNC1=O. The molecule has 3 N–H and O–H groups in total. The van der Waals surface area contributed by atoms with Gasteiger partial charge in [0.2, 0.25) is 0 Å². The zero-order chi connectivity index (χ0) is 11.7. The van der Waals surface area contributed by atoms with E-state index >= 15 is 0 Å². The Labute approximate surface area is 90.3 Å². The minimum Gasteiger partial charge on any atom is -0.257 e. The number of amides is 2. The van der Waals surface area contributed by atoms with Gasteiger partial charge in [-0.1, -0.05) is 12.1 Å². The van der Waals surface area contributed by atoms with Gasteiger partial charge < -0.3 is 0 Å². The summed E-state index contributed by atoms with van der Waals surface area (Å²) in [6.07, 6.45) is -2.56. The molecule has 1 aromatic rings. The molecule has 5 nitrogen and oxygen atoms in total. The number of urea groups is 1. The Hall–Kier alpha value is -1.73. The predicted molar refractivity (Wildman–Crippen MR) is 53.4 cm³/mol. The van der Waals surface area contributed by atoms with Crippen LogP contribution in [0.2, 0.25) is 0 Å². The number of hydrazine groups is 3. The molecule has 7 heteroatoms. The highest BCUT2D eigenvalue weighted by molar-refractivity contribution is 5.92. The van der Waals surface area contributed by atoms with Gasteiger partial charge in [-0.15, -0.1) is 11.1 Å². The monoisotopic (exact) mass is 228 g/mol. The molecule has 1 aliphatic rings. The van der Waals surface area contributed by atoms with E-state index in [1.165, 1.54) is 12.1 Å². The topological polar surface area (TPSA) is 56.4 Å². The number of carbonyl (C=O) groups is 1. The van der Waals surface area contributed by atoms with E-state index in [-0.39, 0.29) is 5.56 Å². The van der Waals surface area contributed by atoms with E-state index < -0.39 is 12.5 Å². The minimum atomic E-state index is -2.56. The van der Waals surface area contributed by atoms with Crippen molar-refractivity contribution in [3.05, 3.63) is 29.3 Å². The quantitative estimate of drug-likeness (QED) is 0.716. The van der Waals surface area contributed by atoms with Crippen LogP contribution < -0.4 is 21.5 Å². The number of hydrogen-bond donors (Lipinski definition) is 3. The number of anilines is 1. The van der Waals surface area contributed by atoms with E-state index in [9.17, 15) is 13.6 Å². The third kappa shape index (κ3) is 1.70. The number of hydrogen-bond acceptors (Lipinski definition) is 3. The van der Waals surface area contributed by atoms with Crippen LogP contribution in [0.25, 0.3) is 0 Å². The summed E-state index contributed by atoms with van der Waals surface area (Å²) in [4.78, 5) is 11.3. The van der Waals surface area contributed by atoms with Gasteiger partial charge in [0.1, 0.15) is 0 Å². The van der Waals surface area contributed by atoms with Crippen molar-refractivity contribution in [1.82, 2.24) is 16.5 Å². The van der Waals surface area contributed by atoms with Crippen molar-refractivity contribution >= 4 is 11.7 Å². The number of benzene rings is 1. The first-order valence-corrected chi connectivity index (χ1v) is 4.59. The number of rotatable bonds is 2. The second-order valence-electron chi connectivity index (χ2n) is 3.29. The first-order valence-electron chi connectivity index (χ1n) is 4.59. The van der Waals surface area contributed by atoms with E-state index in [0.717, 1.165) is 5.01 Å². The van der Waals surface area contributed by atoms with Crippen LogP contribution >= 0.6 is 0 Å². The maximum absolute atomic E-state index is 12.6. The second-order valence-corrected chi connectivity index (χ2v) is 3.29. The average molecular weight is 228 g/mol. The fraction of sp³-hybridized carbons (Fsp3) is 0.222. The molecule has 1 heterocycles. The van der Waals surface area contributed by atoms with Gasteiger partial charge in [-0.05, 0) is 18.6 Å². The molecule has 1 aliphatic heterocycles. The van der Waals surface area contributed by atoms with Gasteiger partial charge in [0.25, 0.3) is 6.43 Å². The zero-order valence-electron chi connectivity index (χ0n) is 8.42. The molecule has 2 rings (SSSR count). The van der Waals surface area contributed by atoms with Crippen molar-refractivity contribution in [1.29, 1.82) is 0 Å². The van der Waals surface area contributed by atoms with E-state index in [2.05, 4.69) is 16.5 Å². The van der Waals surface area contributed by atoms with Gasteiger partial charge in [-0.25, -0.2) is 18.6 Å². The van der Waals surface area contributed by atoms with E-state index in [1.807, 2.05) is 0 Å². The molecule has 1 saturated heterocycles. The molecule has 0 bridgehead atoms. The van der Waals surface area contributed by atoms with Crippen molar-refractivity contribution in [2.45, 2.75) is 13.3 Å². The summed E-state index contributed by atoms with van der Waals surface area (Å²) in [5, 5.41) is 1.13. The Bertz CT molecular complexity index is 424. The molecule has 0 spiro atoms. The molecule has 86 valence electrons. The lowest BCUT2D eigenvalue weighted by Crippen LogP contribution is -2.38. The highest BCUT2D eigenvalue weighted by atomic mass is 19.3. The highest BCUT2D eigenvalue weighted by Crippen LogP contribution is 2.29. The van der Waals surface area contributed by atoms with Crippen LogP contribution in [0.3, 0.4) is 0 Å². The molecular weight excluding hydrogens is 218 g/mol. The van der Waals surface area contributed by atoms with E-state index in [1.54, 1.807) is 13.0 Å². The van der Waals surface area contributed by atoms with Gasteiger partial charge in [0.05, 0.1) is 5.69 Å². The highest BCUT2D eigenvalue weighted by Gasteiger charge is 2.24. The van der Waals surface area contributed by atoms with Crippen molar-refractivity contribution in [2.24, 2.45) is 0 Å². The smallest absolute Gasteiger partial charge is 0.257 e. The van der Waals surface area contributed by atoms with Crippen LogP contribution in [0.5, 0.6) is 0 Å². The van der Waals surface area contributed by atoms with Crippen LogP contribution in [-0.2, 0) is 0 Å². The first kappa shape index (κ1) is 10.8. The largest absolute Gasteiger partial charge is 0.353 e. The lowest BCUT2D eigenvalue weighted by molar-refractivity contribution is 0.150. The van der Waals surface area contributed by atoms with E-state index in [0.29, 0.717) is 11.3 Å². The molecule has 2 amide bonds. The molecular formula is C9H10F2N4O. The molecule has 0 aromatic heterocycles. The van der Waals surface area contributed by atoms with Gasteiger partial charge >= 0.3 is 6.03 Å². The van der Waals surface area contributed by atoms with Gasteiger partial charge in [0.15, 0.2) is 0 Å². The molecule has 0 aliphatic carbocycles. The summed E-state index contributed by atoms with van der Waals surface area (Å²) in [7, 11) is 0. The lowest BCUT2D eigenvalue weighted by atomic mass is 10.1. The normalized spacial score (nSPS) is 15.8. The van der Waals surface area contributed by atoms with Crippen molar-refractivity contribution < 1.29 is 13.6 Å². The number of halogens is 2. The molecule has 16 heavy (non-hydrogen) atoms. The summed E-state index contributed by atoms with van der Waals surface area (Å²) in [5.74, 6) is 0. The van der Waals surface area contributed by atoms with Gasteiger partial charge in [-0.3, -0.25) is 5.43 Å². The molecule has 1 fully saturated rings. The minimum absolute atomic E-state index is 0.0843. The fourth-order valence-electron chi connectivity index (χ4n) is 1.53. The Morgan fingerprint density at radius 3 is 2.69 bits per heavy atom.